The summed E-state index contributed by atoms with van der Waals surface area (Å²) in [7, 11) is 0. The SMILES string of the molecule is C=CC(=O)OOC(=O)C(C)O. The van der Waals surface area contributed by atoms with E-state index in [1.54, 1.807) is 0 Å². The summed E-state index contributed by atoms with van der Waals surface area (Å²) in [6, 6.07) is 0. The first kappa shape index (κ1) is 9.64. The van der Waals surface area contributed by atoms with Gasteiger partial charge in [-0.2, -0.15) is 0 Å². The van der Waals surface area contributed by atoms with Gasteiger partial charge in [0.25, 0.3) is 0 Å². The van der Waals surface area contributed by atoms with Gasteiger partial charge in [0.2, 0.25) is 0 Å². The Balaban J connectivity index is 3.62. The predicted octanol–water partition coefficient (Wildman–Crippen LogP) is -0.445. The first-order valence-electron chi connectivity index (χ1n) is 2.80. The van der Waals surface area contributed by atoms with Crippen LogP contribution in [0.5, 0.6) is 0 Å². The number of carbonyl (C=O) groups excluding carboxylic acids is 2. The Morgan fingerprint density at radius 1 is 1.55 bits per heavy atom. The summed E-state index contributed by atoms with van der Waals surface area (Å²) in [6.45, 7) is 4.24. The molecule has 0 aliphatic heterocycles. The molecule has 5 nitrogen and oxygen atoms in total. The molecule has 0 aromatic rings. The third-order valence-corrected chi connectivity index (χ3v) is 0.714. The van der Waals surface area contributed by atoms with Crippen molar-refractivity contribution in [3.05, 3.63) is 12.7 Å². The third-order valence-electron chi connectivity index (χ3n) is 0.714. The molecule has 62 valence electrons. The van der Waals surface area contributed by atoms with Gasteiger partial charge in [-0.1, -0.05) is 6.58 Å². The first-order chi connectivity index (χ1) is 5.07. The van der Waals surface area contributed by atoms with Crippen molar-refractivity contribution >= 4 is 11.9 Å². The summed E-state index contributed by atoms with van der Waals surface area (Å²) < 4.78 is 0. The smallest absolute Gasteiger partial charge is 0.382 e. The fourth-order valence-electron chi connectivity index (χ4n) is 0.186. The van der Waals surface area contributed by atoms with Gasteiger partial charge in [0.05, 0.1) is 0 Å². The van der Waals surface area contributed by atoms with Crippen LogP contribution in [0.4, 0.5) is 0 Å². The van der Waals surface area contributed by atoms with Gasteiger partial charge in [0, 0.05) is 6.08 Å². The number of rotatable bonds is 2. The van der Waals surface area contributed by atoms with Crippen molar-refractivity contribution in [2.75, 3.05) is 0 Å². The molecule has 1 atom stereocenters. The lowest BCUT2D eigenvalue weighted by Crippen LogP contribution is -2.20. The minimum Gasteiger partial charge on any atom is -0.382 e. The number of aliphatic hydroxyl groups is 1. The summed E-state index contributed by atoms with van der Waals surface area (Å²) in [4.78, 5) is 28.3. The van der Waals surface area contributed by atoms with Gasteiger partial charge >= 0.3 is 11.9 Å². The normalized spacial score (nSPS) is 11.5. The van der Waals surface area contributed by atoms with Crippen LogP contribution in [0.25, 0.3) is 0 Å². The monoisotopic (exact) mass is 160 g/mol. The molecular formula is C6H8O5. The predicted molar refractivity (Wildman–Crippen MR) is 34.1 cm³/mol. The zero-order chi connectivity index (χ0) is 8.85. The Hall–Kier alpha value is -1.36. The molecule has 1 N–H and O–H groups in total. The van der Waals surface area contributed by atoms with Crippen LogP contribution < -0.4 is 0 Å². The van der Waals surface area contributed by atoms with Crippen molar-refractivity contribution in [2.24, 2.45) is 0 Å². The largest absolute Gasteiger partial charge is 0.383 e. The topological polar surface area (TPSA) is 72.8 Å². The second-order valence-electron chi connectivity index (χ2n) is 1.68. The van der Waals surface area contributed by atoms with Gasteiger partial charge in [-0.05, 0) is 6.92 Å². The lowest BCUT2D eigenvalue weighted by atomic mass is 10.4. The Labute approximate surface area is 63.1 Å². The summed E-state index contributed by atoms with van der Waals surface area (Å²) in [5, 5.41) is 8.51. The molecule has 0 radical (unpaired) electrons. The molecule has 1 unspecified atom stereocenters. The van der Waals surface area contributed by atoms with E-state index in [0.29, 0.717) is 0 Å². The number of hydrogen-bond donors (Lipinski definition) is 1. The van der Waals surface area contributed by atoms with Crippen LogP contribution >= 0.6 is 0 Å². The molecule has 0 rings (SSSR count). The number of aliphatic hydroxyl groups excluding tert-OH is 1. The fourth-order valence-corrected chi connectivity index (χ4v) is 0.186. The van der Waals surface area contributed by atoms with Crippen LogP contribution in [0, 0.1) is 0 Å². The summed E-state index contributed by atoms with van der Waals surface area (Å²) >= 11 is 0. The Kier molecular flexibility index (Phi) is 3.90. The molecule has 0 aromatic heterocycles. The van der Waals surface area contributed by atoms with Gasteiger partial charge < -0.3 is 5.11 Å². The Bertz CT molecular complexity index is 172. The number of hydrogen-bond acceptors (Lipinski definition) is 5. The average molecular weight is 160 g/mol. The third kappa shape index (κ3) is 4.10. The Morgan fingerprint density at radius 2 is 2.09 bits per heavy atom. The van der Waals surface area contributed by atoms with Crippen molar-refractivity contribution in [1.82, 2.24) is 0 Å². The maximum atomic E-state index is 10.4. The van der Waals surface area contributed by atoms with Crippen molar-refractivity contribution in [2.45, 2.75) is 13.0 Å². The highest BCUT2D eigenvalue weighted by Crippen LogP contribution is 1.88. The van der Waals surface area contributed by atoms with E-state index in [0.717, 1.165) is 6.08 Å². The zero-order valence-electron chi connectivity index (χ0n) is 5.94. The summed E-state index contributed by atoms with van der Waals surface area (Å²) in [5.74, 6) is -1.92. The van der Waals surface area contributed by atoms with E-state index in [4.69, 9.17) is 5.11 Å². The van der Waals surface area contributed by atoms with Gasteiger partial charge in [-0.3, -0.25) is 0 Å². The zero-order valence-corrected chi connectivity index (χ0v) is 5.94. The van der Waals surface area contributed by atoms with Crippen molar-refractivity contribution in [3.8, 4) is 0 Å². The average Bonchev–Trinajstić information content (AvgIpc) is 1.99. The molecule has 0 spiro atoms. The van der Waals surface area contributed by atoms with E-state index in [1.807, 2.05) is 0 Å². The molecule has 5 heteroatoms. The van der Waals surface area contributed by atoms with Gasteiger partial charge in [0.15, 0.2) is 6.10 Å². The van der Waals surface area contributed by atoms with Crippen LogP contribution in [-0.2, 0) is 19.4 Å². The van der Waals surface area contributed by atoms with E-state index in [9.17, 15) is 9.59 Å². The molecule has 0 heterocycles. The van der Waals surface area contributed by atoms with E-state index >= 15 is 0 Å². The highest BCUT2D eigenvalue weighted by atomic mass is 17.2. The standard InChI is InChI=1S/C6H8O5/c1-3-5(8)10-11-6(9)4(2)7/h3-4,7H,1H2,2H3. The fraction of sp³-hybridized carbons (Fsp3) is 0.333. The highest BCUT2D eigenvalue weighted by molar-refractivity contribution is 5.82. The minimum atomic E-state index is -1.31. The quantitative estimate of drug-likeness (QED) is 0.336. The highest BCUT2D eigenvalue weighted by Gasteiger charge is 2.12. The van der Waals surface area contributed by atoms with Crippen LogP contribution in [0.1, 0.15) is 6.92 Å². The summed E-state index contributed by atoms with van der Waals surface area (Å²) in [5.41, 5.74) is 0. The lowest BCUT2D eigenvalue weighted by molar-refractivity contribution is -0.259. The second kappa shape index (κ2) is 4.45. The van der Waals surface area contributed by atoms with Crippen LogP contribution in [0.2, 0.25) is 0 Å². The molecular weight excluding hydrogens is 152 g/mol. The van der Waals surface area contributed by atoms with E-state index in [2.05, 4.69) is 16.4 Å². The van der Waals surface area contributed by atoms with Gasteiger partial charge in [-0.15, -0.1) is 0 Å². The number of carbonyl (C=O) groups is 2. The van der Waals surface area contributed by atoms with Crippen molar-refractivity contribution in [1.29, 1.82) is 0 Å². The molecule has 0 aromatic carbocycles. The summed E-state index contributed by atoms with van der Waals surface area (Å²) in [6.07, 6.45) is -0.484. The molecule has 0 bridgehead atoms. The van der Waals surface area contributed by atoms with E-state index < -0.39 is 18.0 Å². The lowest BCUT2D eigenvalue weighted by Gasteiger charge is -2.01. The Morgan fingerprint density at radius 3 is 2.45 bits per heavy atom. The van der Waals surface area contributed by atoms with Gasteiger partial charge in [-0.25, -0.2) is 19.4 Å². The molecule has 0 saturated heterocycles. The van der Waals surface area contributed by atoms with Crippen molar-refractivity contribution in [3.63, 3.8) is 0 Å². The van der Waals surface area contributed by atoms with E-state index in [1.165, 1.54) is 6.92 Å². The molecule has 0 aliphatic rings. The van der Waals surface area contributed by atoms with Crippen LogP contribution in [-0.4, -0.2) is 23.1 Å². The second-order valence-corrected chi connectivity index (χ2v) is 1.68. The minimum absolute atomic E-state index is 0.829. The first-order valence-corrected chi connectivity index (χ1v) is 2.80. The maximum Gasteiger partial charge on any atom is 0.383 e. The maximum absolute atomic E-state index is 10.4. The molecule has 0 saturated carbocycles. The van der Waals surface area contributed by atoms with Gasteiger partial charge in [0.1, 0.15) is 0 Å². The van der Waals surface area contributed by atoms with Crippen molar-refractivity contribution < 1.29 is 24.5 Å². The molecule has 0 fully saturated rings. The van der Waals surface area contributed by atoms with E-state index in [-0.39, 0.29) is 0 Å². The molecule has 0 amide bonds. The van der Waals surface area contributed by atoms with Crippen LogP contribution in [0.3, 0.4) is 0 Å². The molecule has 11 heavy (non-hydrogen) atoms. The molecule has 0 aliphatic carbocycles. The van der Waals surface area contributed by atoms with Crippen LogP contribution in [0.15, 0.2) is 12.7 Å².